The number of primary amides is 1. The average Bonchev–Trinajstić information content (AvgIpc) is 3.15. The lowest BCUT2D eigenvalue weighted by atomic mass is 10.1. The summed E-state index contributed by atoms with van der Waals surface area (Å²) in [6.45, 7) is 1.17. The van der Waals surface area contributed by atoms with Gasteiger partial charge in [0.2, 0.25) is 5.82 Å². The summed E-state index contributed by atoms with van der Waals surface area (Å²) in [5.41, 5.74) is 5.61. The molecule has 3 N–H and O–H groups in total. The number of H-pyrrole nitrogens is 1. The summed E-state index contributed by atoms with van der Waals surface area (Å²) in [5, 5.41) is 4.57. The molecule has 2 aromatic rings. The van der Waals surface area contributed by atoms with Gasteiger partial charge in [-0.1, -0.05) is 11.6 Å². The highest BCUT2D eigenvalue weighted by molar-refractivity contribution is 6.30. The molecule has 8 nitrogen and oxygen atoms in total. The van der Waals surface area contributed by atoms with E-state index in [9.17, 15) is 9.59 Å². The van der Waals surface area contributed by atoms with E-state index in [-0.39, 0.29) is 17.8 Å². The smallest absolute Gasteiger partial charge is 0.288 e. The van der Waals surface area contributed by atoms with E-state index in [0.717, 1.165) is 12.8 Å². The van der Waals surface area contributed by atoms with Gasteiger partial charge in [-0.25, -0.2) is 9.67 Å². The summed E-state index contributed by atoms with van der Waals surface area (Å²) in [4.78, 5) is 31.9. The zero-order valence-corrected chi connectivity index (χ0v) is 12.5. The van der Waals surface area contributed by atoms with E-state index < -0.39 is 5.91 Å². The van der Waals surface area contributed by atoms with Gasteiger partial charge in [0, 0.05) is 19.3 Å². The number of hydrogen-bond donors (Lipinski definition) is 2. The molecular weight excluding hydrogens is 308 g/mol. The highest BCUT2D eigenvalue weighted by Crippen LogP contribution is 2.22. The first-order chi connectivity index (χ1) is 10.5. The second-order valence-electron chi connectivity index (χ2n) is 5.19. The van der Waals surface area contributed by atoms with Crippen molar-refractivity contribution in [2.45, 2.75) is 18.9 Å². The molecule has 2 aromatic heterocycles. The Morgan fingerprint density at radius 1 is 1.45 bits per heavy atom. The van der Waals surface area contributed by atoms with Crippen LogP contribution in [0, 0.1) is 0 Å². The molecule has 1 fully saturated rings. The molecule has 0 bridgehead atoms. The van der Waals surface area contributed by atoms with Crippen molar-refractivity contribution in [1.82, 2.24) is 24.6 Å². The number of aromatic nitrogens is 4. The minimum Gasteiger partial charge on any atom is -0.363 e. The molecule has 1 atom stereocenters. The number of nitrogens with one attached hydrogen (secondary N) is 1. The van der Waals surface area contributed by atoms with E-state index in [1.807, 2.05) is 0 Å². The van der Waals surface area contributed by atoms with Crippen molar-refractivity contribution in [1.29, 1.82) is 0 Å². The second-order valence-corrected chi connectivity index (χ2v) is 5.63. The number of nitrogens with zero attached hydrogens (tertiary/aromatic N) is 4. The first kappa shape index (κ1) is 14.6. The fraction of sp³-hybridized carbons (Fsp3) is 0.385. The standard InChI is InChI=1S/C13H15ClN6O2/c14-8-4-10(16-5-8)13(22)19-3-1-2-9(6-19)20-7-17-12(18-20)11(15)21/h4-5,7,9,16H,1-3,6H2,(H2,15,21). The number of halogens is 1. The summed E-state index contributed by atoms with van der Waals surface area (Å²) >= 11 is 5.83. The van der Waals surface area contributed by atoms with E-state index in [4.69, 9.17) is 17.3 Å². The van der Waals surface area contributed by atoms with Gasteiger partial charge in [0.15, 0.2) is 0 Å². The van der Waals surface area contributed by atoms with Crippen LogP contribution in [0.3, 0.4) is 0 Å². The number of rotatable bonds is 3. The fourth-order valence-corrected chi connectivity index (χ4v) is 2.74. The van der Waals surface area contributed by atoms with E-state index in [0.29, 0.717) is 23.8 Å². The summed E-state index contributed by atoms with van der Waals surface area (Å²) < 4.78 is 1.60. The molecule has 0 aliphatic carbocycles. The van der Waals surface area contributed by atoms with Gasteiger partial charge in [0.1, 0.15) is 12.0 Å². The third kappa shape index (κ3) is 2.82. The number of hydrogen-bond acceptors (Lipinski definition) is 4. The van der Waals surface area contributed by atoms with Crippen molar-refractivity contribution in [3.63, 3.8) is 0 Å². The Hall–Kier alpha value is -2.35. The van der Waals surface area contributed by atoms with Gasteiger partial charge >= 0.3 is 0 Å². The van der Waals surface area contributed by atoms with E-state index in [2.05, 4.69) is 15.1 Å². The van der Waals surface area contributed by atoms with Gasteiger partial charge in [-0.3, -0.25) is 9.59 Å². The van der Waals surface area contributed by atoms with Crippen molar-refractivity contribution < 1.29 is 9.59 Å². The topological polar surface area (TPSA) is 110 Å². The molecule has 3 rings (SSSR count). The maximum Gasteiger partial charge on any atom is 0.288 e. The third-order valence-electron chi connectivity index (χ3n) is 3.66. The molecule has 0 saturated carbocycles. The highest BCUT2D eigenvalue weighted by Gasteiger charge is 2.27. The molecule has 1 aliphatic heterocycles. The lowest BCUT2D eigenvalue weighted by Crippen LogP contribution is -2.41. The van der Waals surface area contributed by atoms with E-state index in [1.54, 1.807) is 21.8 Å². The summed E-state index contributed by atoms with van der Waals surface area (Å²) in [5.74, 6) is -0.782. The van der Waals surface area contributed by atoms with Crippen molar-refractivity contribution in [3.8, 4) is 0 Å². The fourth-order valence-electron chi connectivity index (χ4n) is 2.58. The molecule has 9 heteroatoms. The Morgan fingerprint density at radius 2 is 2.27 bits per heavy atom. The number of piperidine rings is 1. The van der Waals surface area contributed by atoms with Crippen LogP contribution < -0.4 is 5.73 Å². The van der Waals surface area contributed by atoms with Gasteiger partial charge in [0.25, 0.3) is 11.8 Å². The molecule has 0 aromatic carbocycles. The Morgan fingerprint density at radius 3 is 2.91 bits per heavy atom. The molecule has 22 heavy (non-hydrogen) atoms. The zero-order valence-electron chi connectivity index (χ0n) is 11.7. The van der Waals surface area contributed by atoms with E-state index in [1.165, 1.54) is 6.33 Å². The van der Waals surface area contributed by atoms with Gasteiger partial charge < -0.3 is 15.6 Å². The number of aromatic amines is 1. The highest BCUT2D eigenvalue weighted by atomic mass is 35.5. The monoisotopic (exact) mass is 322 g/mol. The second kappa shape index (κ2) is 5.80. The van der Waals surface area contributed by atoms with Crippen molar-refractivity contribution in [3.05, 3.63) is 35.1 Å². The first-order valence-corrected chi connectivity index (χ1v) is 7.26. The number of carbonyl (C=O) groups is 2. The molecular formula is C13H15ClN6O2. The van der Waals surface area contributed by atoms with Crippen molar-refractivity contribution >= 4 is 23.4 Å². The molecule has 3 heterocycles. The van der Waals surface area contributed by atoms with Crippen LogP contribution in [0.2, 0.25) is 5.02 Å². The third-order valence-corrected chi connectivity index (χ3v) is 3.88. The largest absolute Gasteiger partial charge is 0.363 e. The maximum absolute atomic E-state index is 12.4. The van der Waals surface area contributed by atoms with Crippen LogP contribution in [0.25, 0.3) is 0 Å². The molecule has 2 amide bonds. The SMILES string of the molecule is NC(=O)c1ncn(C2CCCN(C(=O)c3cc(Cl)c[nH]3)C2)n1. The average molecular weight is 323 g/mol. The Bertz CT molecular complexity index is 709. The van der Waals surface area contributed by atoms with Crippen LogP contribution in [0.15, 0.2) is 18.6 Å². The Balaban J connectivity index is 1.73. The summed E-state index contributed by atoms with van der Waals surface area (Å²) in [6.07, 6.45) is 4.75. The van der Waals surface area contributed by atoms with Crippen LogP contribution in [0.5, 0.6) is 0 Å². The van der Waals surface area contributed by atoms with Gasteiger partial charge in [0.05, 0.1) is 11.1 Å². The Labute approximate surface area is 131 Å². The van der Waals surface area contributed by atoms with Gasteiger partial charge in [-0.05, 0) is 18.9 Å². The van der Waals surface area contributed by atoms with Crippen LogP contribution in [-0.4, -0.2) is 49.6 Å². The lowest BCUT2D eigenvalue weighted by Gasteiger charge is -2.32. The first-order valence-electron chi connectivity index (χ1n) is 6.88. The molecule has 1 saturated heterocycles. The molecule has 116 valence electrons. The predicted octanol–water partition coefficient (Wildman–Crippen LogP) is 0.836. The van der Waals surface area contributed by atoms with E-state index >= 15 is 0 Å². The quantitative estimate of drug-likeness (QED) is 0.872. The normalized spacial score (nSPS) is 18.4. The molecule has 0 spiro atoms. The number of likely N-dealkylation sites (tertiary alicyclic amines) is 1. The summed E-state index contributed by atoms with van der Waals surface area (Å²) in [7, 11) is 0. The van der Waals surface area contributed by atoms with Crippen LogP contribution in [0.1, 0.15) is 40.0 Å². The number of nitrogens with two attached hydrogens (primary N) is 1. The zero-order chi connectivity index (χ0) is 15.7. The number of amides is 2. The van der Waals surface area contributed by atoms with Crippen LogP contribution in [0.4, 0.5) is 0 Å². The molecule has 1 unspecified atom stereocenters. The molecule has 1 aliphatic rings. The lowest BCUT2D eigenvalue weighted by molar-refractivity contribution is 0.0666. The van der Waals surface area contributed by atoms with Crippen LogP contribution in [-0.2, 0) is 0 Å². The minimum absolute atomic E-state index is 0.0143. The minimum atomic E-state index is -0.663. The van der Waals surface area contributed by atoms with Gasteiger partial charge in [-0.15, -0.1) is 5.10 Å². The molecule has 0 radical (unpaired) electrons. The Kier molecular flexibility index (Phi) is 3.84. The van der Waals surface area contributed by atoms with Crippen LogP contribution >= 0.6 is 11.6 Å². The predicted molar refractivity (Wildman–Crippen MR) is 78.5 cm³/mol. The number of carbonyl (C=O) groups excluding carboxylic acids is 2. The van der Waals surface area contributed by atoms with Gasteiger partial charge in [-0.2, -0.15) is 0 Å². The maximum atomic E-state index is 12.4. The van der Waals surface area contributed by atoms with Crippen molar-refractivity contribution in [2.24, 2.45) is 5.73 Å². The summed E-state index contributed by atoms with van der Waals surface area (Å²) in [6, 6.07) is 1.58. The van der Waals surface area contributed by atoms with Crippen molar-refractivity contribution in [2.75, 3.05) is 13.1 Å².